The first-order valence-electron chi connectivity index (χ1n) is 8.93. The van der Waals surface area contributed by atoms with Crippen LogP contribution in [0, 0.1) is 10.1 Å². The van der Waals surface area contributed by atoms with Crippen LogP contribution in [0.15, 0.2) is 24.3 Å². The molecule has 1 aliphatic carbocycles. The number of nitro groups is 1. The number of nitrogens with zero attached hydrogens (tertiary/aromatic N) is 1. The van der Waals surface area contributed by atoms with Crippen LogP contribution in [-0.4, -0.2) is 35.4 Å². The van der Waals surface area contributed by atoms with Crippen molar-refractivity contribution in [2.75, 3.05) is 11.9 Å². The number of amides is 2. The molecular weight excluding hydrogens is 354 g/mol. The van der Waals surface area contributed by atoms with Crippen molar-refractivity contribution in [1.82, 2.24) is 5.32 Å². The highest BCUT2D eigenvalue weighted by atomic mass is 16.6. The van der Waals surface area contributed by atoms with Gasteiger partial charge in [0.15, 0.2) is 6.61 Å². The number of esters is 1. The number of nitrogens with one attached hydrogen (secondary N) is 2. The van der Waals surface area contributed by atoms with E-state index < -0.39 is 23.4 Å². The van der Waals surface area contributed by atoms with E-state index in [1.807, 2.05) is 0 Å². The Kier molecular flexibility index (Phi) is 7.72. The molecular formula is C18H23N3O6. The van der Waals surface area contributed by atoms with E-state index in [1.165, 1.54) is 30.7 Å². The van der Waals surface area contributed by atoms with Gasteiger partial charge in [-0.1, -0.05) is 25.3 Å². The minimum atomic E-state index is -0.650. The van der Waals surface area contributed by atoms with Crippen molar-refractivity contribution in [2.24, 2.45) is 0 Å². The molecule has 1 fully saturated rings. The zero-order chi connectivity index (χ0) is 19.6. The Morgan fingerprint density at radius 1 is 1.11 bits per heavy atom. The number of anilines is 1. The lowest BCUT2D eigenvalue weighted by atomic mass is 9.95. The highest BCUT2D eigenvalue weighted by molar-refractivity contribution is 5.93. The van der Waals surface area contributed by atoms with Gasteiger partial charge in [0, 0.05) is 30.3 Å². The van der Waals surface area contributed by atoms with E-state index in [0.29, 0.717) is 0 Å². The number of non-ortho nitro benzene ring substituents is 1. The van der Waals surface area contributed by atoms with E-state index in [2.05, 4.69) is 10.6 Å². The molecule has 9 heteroatoms. The fourth-order valence-corrected chi connectivity index (χ4v) is 2.87. The van der Waals surface area contributed by atoms with E-state index in [0.717, 1.165) is 25.7 Å². The quantitative estimate of drug-likeness (QED) is 0.406. The number of benzene rings is 1. The monoisotopic (exact) mass is 377 g/mol. The summed E-state index contributed by atoms with van der Waals surface area (Å²) < 4.78 is 4.83. The molecule has 0 heterocycles. The fourth-order valence-electron chi connectivity index (χ4n) is 2.87. The molecule has 0 saturated heterocycles. The van der Waals surface area contributed by atoms with Gasteiger partial charge in [-0.2, -0.15) is 0 Å². The fraction of sp³-hybridized carbons (Fsp3) is 0.500. The number of hydrogen-bond donors (Lipinski definition) is 2. The van der Waals surface area contributed by atoms with Gasteiger partial charge in [-0.3, -0.25) is 24.5 Å². The summed E-state index contributed by atoms with van der Waals surface area (Å²) in [6.07, 6.45) is 5.24. The van der Waals surface area contributed by atoms with Crippen molar-refractivity contribution < 1.29 is 24.0 Å². The van der Waals surface area contributed by atoms with E-state index in [1.54, 1.807) is 0 Å². The molecule has 0 spiro atoms. The SMILES string of the molecule is O=C(COC(=O)CCC(=O)NC1CCCCC1)Nc1cccc([N+](=O)[O-])c1. The first kappa shape index (κ1) is 20.3. The number of carbonyl (C=O) groups excluding carboxylic acids is 3. The topological polar surface area (TPSA) is 128 Å². The van der Waals surface area contributed by atoms with Crippen LogP contribution in [0.2, 0.25) is 0 Å². The average Bonchev–Trinajstić information content (AvgIpc) is 2.65. The van der Waals surface area contributed by atoms with Crippen molar-refractivity contribution in [2.45, 2.75) is 51.0 Å². The lowest BCUT2D eigenvalue weighted by molar-refractivity contribution is -0.384. The van der Waals surface area contributed by atoms with Gasteiger partial charge in [0.05, 0.1) is 11.3 Å². The smallest absolute Gasteiger partial charge is 0.306 e. The van der Waals surface area contributed by atoms with Gasteiger partial charge in [0.1, 0.15) is 0 Å². The molecule has 0 unspecified atom stereocenters. The van der Waals surface area contributed by atoms with Crippen molar-refractivity contribution in [3.63, 3.8) is 0 Å². The normalized spacial score (nSPS) is 14.2. The molecule has 2 rings (SSSR count). The summed E-state index contributed by atoms with van der Waals surface area (Å²) >= 11 is 0. The predicted octanol–water partition coefficient (Wildman–Crippen LogP) is 2.31. The van der Waals surface area contributed by atoms with Gasteiger partial charge >= 0.3 is 5.97 Å². The van der Waals surface area contributed by atoms with Crippen molar-refractivity contribution in [3.8, 4) is 0 Å². The standard InChI is InChI=1S/C18H23N3O6/c22-16(19-13-5-2-1-3-6-13)9-10-18(24)27-12-17(23)20-14-7-4-8-15(11-14)21(25)26/h4,7-8,11,13H,1-3,5-6,9-10,12H2,(H,19,22)(H,20,23). The molecule has 1 aromatic rings. The Balaban J connectivity index is 1.65. The molecule has 1 aliphatic rings. The molecule has 2 amide bonds. The molecule has 1 aromatic carbocycles. The molecule has 146 valence electrons. The second-order valence-corrected chi connectivity index (χ2v) is 6.42. The van der Waals surface area contributed by atoms with Crippen LogP contribution < -0.4 is 10.6 Å². The van der Waals surface area contributed by atoms with Crippen LogP contribution in [0.25, 0.3) is 0 Å². The van der Waals surface area contributed by atoms with E-state index >= 15 is 0 Å². The Labute approximate surface area is 156 Å². The first-order valence-corrected chi connectivity index (χ1v) is 8.93. The van der Waals surface area contributed by atoms with Crippen molar-refractivity contribution >= 4 is 29.2 Å². The van der Waals surface area contributed by atoms with Gasteiger partial charge in [0.25, 0.3) is 11.6 Å². The zero-order valence-electron chi connectivity index (χ0n) is 14.9. The number of rotatable bonds is 8. The van der Waals surface area contributed by atoms with Crippen molar-refractivity contribution in [3.05, 3.63) is 34.4 Å². The number of nitro benzene ring substituents is 1. The lowest BCUT2D eigenvalue weighted by Crippen LogP contribution is -2.36. The Morgan fingerprint density at radius 2 is 1.85 bits per heavy atom. The molecule has 0 aliphatic heterocycles. The van der Waals surface area contributed by atoms with Crippen LogP contribution in [0.3, 0.4) is 0 Å². The third-order valence-corrected chi connectivity index (χ3v) is 4.23. The number of ether oxygens (including phenoxy) is 1. The molecule has 9 nitrogen and oxygen atoms in total. The molecule has 0 aromatic heterocycles. The van der Waals surface area contributed by atoms with E-state index in [-0.39, 0.29) is 36.2 Å². The third-order valence-electron chi connectivity index (χ3n) is 4.23. The maximum atomic E-state index is 11.8. The third kappa shape index (κ3) is 7.43. The summed E-state index contributed by atoms with van der Waals surface area (Å²) in [5.41, 5.74) is 0.0749. The molecule has 1 saturated carbocycles. The Bertz CT molecular complexity index is 700. The van der Waals surface area contributed by atoms with Crippen molar-refractivity contribution in [1.29, 1.82) is 0 Å². The molecule has 0 bridgehead atoms. The highest BCUT2D eigenvalue weighted by Crippen LogP contribution is 2.18. The largest absolute Gasteiger partial charge is 0.456 e. The zero-order valence-corrected chi connectivity index (χ0v) is 14.9. The van der Waals surface area contributed by atoms with Crippen LogP contribution in [0.5, 0.6) is 0 Å². The second kappa shape index (κ2) is 10.2. The predicted molar refractivity (Wildman–Crippen MR) is 96.9 cm³/mol. The molecule has 2 N–H and O–H groups in total. The van der Waals surface area contributed by atoms with Gasteiger partial charge in [-0.15, -0.1) is 0 Å². The second-order valence-electron chi connectivity index (χ2n) is 6.42. The first-order chi connectivity index (χ1) is 12.9. The Hall–Kier alpha value is -2.97. The minimum absolute atomic E-state index is 0.0157. The number of hydrogen-bond acceptors (Lipinski definition) is 6. The van der Waals surface area contributed by atoms with Crippen LogP contribution >= 0.6 is 0 Å². The van der Waals surface area contributed by atoms with Gasteiger partial charge in [0.2, 0.25) is 5.91 Å². The summed E-state index contributed by atoms with van der Waals surface area (Å²) in [7, 11) is 0. The van der Waals surface area contributed by atoms with Crippen LogP contribution in [-0.2, 0) is 19.1 Å². The average molecular weight is 377 g/mol. The van der Waals surface area contributed by atoms with E-state index in [4.69, 9.17) is 4.74 Å². The summed E-state index contributed by atoms with van der Waals surface area (Å²) in [4.78, 5) is 45.4. The van der Waals surface area contributed by atoms with Gasteiger partial charge in [-0.05, 0) is 18.9 Å². The number of carbonyl (C=O) groups is 3. The molecule has 27 heavy (non-hydrogen) atoms. The maximum Gasteiger partial charge on any atom is 0.306 e. The highest BCUT2D eigenvalue weighted by Gasteiger charge is 2.17. The summed E-state index contributed by atoms with van der Waals surface area (Å²) in [6.45, 7) is -0.522. The van der Waals surface area contributed by atoms with Crippen LogP contribution in [0.1, 0.15) is 44.9 Å². The summed E-state index contributed by atoms with van der Waals surface area (Å²) in [5.74, 6) is -1.46. The molecule has 0 radical (unpaired) electrons. The Morgan fingerprint density at radius 3 is 2.56 bits per heavy atom. The minimum Gasteiger partial charge on any atom is -0.456 e. The molecule has 0 atom stereocenters. The summed E-state index contributed by atoms with van der Waals surface area (Å²) in [6, 6.07) is 5.61. The van der Waals surface area contributed by atoms with Crippen LogP contribution in [0.4, 0.5) is 11.4 Å². The van der Waals surface area contributed by atoms with E-state index in [9.17, 15) is 24.5 Å². The maximum absolute atomic E-state index is 11.8. The van der Waals surface area contributed by atoms with Gasteiger partial charge < -0.3 is 15.4 Å². The summed E-state index contributed by atoms with van der Waals surface area (Å²) in [5, 5.41) is 16.0. The lowest BCUT2D eigenvalue weighted by Gasteiger charge is -2.22. The van der Waals surface area contributed by atoms with Gasteiger partial charge in [-0.25, -0.2) is 0 Å².